The number of hydrogen-bond donors (Lipinski definition) is 0. The first kappa shape index (κ1) is 30.6. The number of thiocarbonyl (C=S) groups is 1. The molecule has 0 N–H and O–H groups in total. The maximum absolute atomic E-state index is 13.4. The Morgan fingerprint density at radius 2 is 1.76 bits per heavy atom. The van der Waals surface area contributed by atoms with Crippen molar-refractivity contribution in [1.82, 2.24) is 9.88 Å². The molecule has 6 rings (SSSR count). The maximum atomic E-state index is 13.4. The number of nitrogens with zero attached hydrogens (tertiary/aromatic N) is 4. The highest BCUT2D eigenvalue weighted by molar-refractivity contribution is 8.26. The number of fused-ring (bicyclic) bond motifs is 2. The number of carbonyl (C=O) groups is 2. The lowest BCUT2D eigenvalue weighted by molar-refractivity contribution is -0.143. The van der Waals surface area contributed by atoms with E-state index in [2.05, 4.69) is 41.0 Å². The SMILES string of the molecule is CCOC(=O)CCCCCN1C(=O)/C(=C/C=C2\N(CC)c3cc(-c4nc5ccccc5o4)ccc3N2c2ccccc2)SC1=S. The van der Waals surface area contributed by atoms with E-state index >= 15 is 0 Å². The normalized spacial score (nSPS) is 16.4. The molecule has 4 aromatic rings. The molecule has 0 spiro atoms. The van der Waals surface area contributed by atoms with Crippen molar-refractivity contribution >= 4 is 68.3 Å². The molecule has 0 atom stereocenters. The van der Waals surface area contributed by atoms with E-state index in [1.165, 1.54) is 11.8 Å². The predicted molar refractivity (Wildman–Crippen MR) is 184 cm³/mol. The molecule has 230 valence electrons. The van der Waals surface area contributed by atoms with Gasteiger partial charge in [0.05, 0.1) is 22.9 Å². The smallest absolute Gasteiger partial charge is 0.305 e. The van der Waals surface area contributed by atoms with Gasteiger partial charge in [0.15, 0.2) is 5.58 Å². The molecule has 1 aromatic heterocycles. The van der Waals surface area contributed by atoms with Crippen molar-refractivity contribution in [3.8, 4) is 11.5 Å². The van der Waals surface area contributed by atoms with Crippen LogP contribution in [0.2, 0.25) is 0 Å². The molecular weight excluding hydrogens is 605 g/mol. The highest BCUT2D eigenvalue weighted by Crippen LogP contribution is 2.47. The minimum absolute atomic E-state index is 0.0877. The number of anilines is 3. The van der Waals surface area contributed by atoms with Crippen LogP contribution < -0.4 is 9.80 Å². The van der Waals surface area contributed by atoms with Gasteiger partial charge in [0.1, 0.15) is 15.7 Å². The van der Waals surface area contributed by atoms with Crippen LogP contribution in [0.15, 0.2) is 100 Å². The molecular formula is C35H34N4O4S2. The highest BCUT2D eigenvalue weighted by atomic mass is 32.2. The lowest BCUT2D eigenvalue weighted by atomic mass is 10.1. The zero-order valence-corrected chi connectivity index (χ0v) is 26.9. The second-order valence-corrected chi connectivity index (χ2v) is 12.3. The highest BCUT2D eigenvalue weighted by Gasteiger charge is 2.34. The van der Waals surface area contributed by atoms with Gasteiger partial charge in [0.2, 0.25) is 5.89 Å². The molecule has 1 fully saturated rings. The minimum Gasteiger partial charge on any atom is -0.466 e. The number of oxazole rings is 1. The first-order chi connectivity index (χ1) is 22.0. The van der Waals surface area contributed by atoms with E-state index < -0.39 is 0 Å². The van der Waals surface area contributed by atoms with E-state index in [4.69, 9.17) is 26.4 Å². The average molecular weight is 639 g/mol. The van der Waals surface area contributed by atoms with Crippen molar-refractivity contribution in [2.75, 3.05) is 29.5 Å². The number of carbonyl (C=O) groups excluding carboxylic acids is 2. The fraction of sp³-hybridized carbons (Fsp3) is 0.257. The molecule has 1 saturated heterocycles. The standard InChI is InChI=1S/C35H34N4O4S2/c1-3-37-28-23-24(33-36-26-15-10-11-16-29(26)43-33)18-19-27(28)39(25-13-7-5-8-14-25)31(37)21-20-30-34(41)38(35(44)45-30)22-12-6-9-17-32(40)42-4-2/h5,7-8,10-11,13-16,18-21,23H,3-4,6,9,12,17,22H2,1-2H3/b30-20-,31-21+. The molecule has 0 unspecified atom stereocenters. The summed E-state index contributed by atoms with van der Waals surface area (Å²) in [6.45, 7) is 5.55. The molecule has 2 aliphatic rings. The predicted octanol–water partition coefficient (Wildman–Crippen LogP) is 8.18. The Kier molecular flexibility index (Phi) is 9.32. The average Bonchev–Trinajstić information content (AvgIpc) is 3.71. The van der Waals surface area contributed by atoms with E-state index in [9.17, 15) is 9.59 Å². The molecule has 3 heterocycles. The summed E-state index contributed by atoms with van der Waals surface area (Å²) in [7, 11) is 0. The molecule has 0 saturated carbocycles. The molecule has 1 amide bonds. The Balaban J connectivity index is 1.26. The third-order valence-electron chi connectivity index (χ3n) is 7.71. The van der Waals surface area contributed by atoms with Gasteiger partial charge in [-0.1, -0.05) is 60.7 Å². The summed E-state index contributed by atoms with van der Waals surface area (Å²) in [5.74, 6) is 1.23. The summed E-state index contributed by atoms with van der Waals surface area (Å²) in [6.07, 6.45) is 6.59. The Bertz CT molecular complexity index is 1770. The van der Waals surface area contributed by atoms with Crippen LogP contribution in [0.5, 0.6) is 0 Å². The summed E-state index contributed by atoms with van der Waals surface area (Å²) in [5.41, 5.74) is 5.52. The first-order valence-electron chi connectivity index (χ1n) is 15.2. The number of ether oxygens (including phenoxy) is 1. The number of benzene rings is 3. The Morgan fingerprint density at radius 1 is 0.956 bits per heavy atom. The molecule has 8 nitrogen and oxygen atoms in total. The summed E-state index contributed by atoms with van der Waals surface area (Å²) in [5, 5.41) is 0. The van der Waals surface area contributed by atoms with Gasteiger partial charge in [-0.2, -0.15) is 0 Å². The number of aromatic nitrogens is 1. The number of unbranched alkanes of at least 4 members (excludes halogenated alkanes) is 2. The number of allylic oxidation sites excluding steroid dienone is 2. The fourth-order valence-corrected chi connectivity index (χ4v) is 6.83. The van der Waals surface area contributed by atoms with E-state index in [1.54, 1.807) is 11.8 Å². The van der Waals surface area contributed by atoms with E-state index in [-0.39, 0.29) is 11.9 Å². The van der Waals surface area contributed by atoms with Crippen LogP contribution in [0.25, 0.3) is 22.6 Å². The molecule has 0 bridgehead atoms. The second-order valence-electron chi connectivity index (χ2n) is 10.6. The Morgan fingerprint density at radius 3 is 2.53 bits per heavy atom. The minimum atomic E-state index is -0.179. The van der Waals surface area contributed by atoms with Gasteiger partial charge in [-0.25, -0.2) is 4.98 Å². The number of para-hydroxylation sites is 3. The third-order valence-corrected chi connectivity index (χ3v) is 9.11. The molecule has 0 radical (unpaired) electrons. The first-order valence-corrected chi connectivity index (χ1v) is 16.4. The summed E-state index contributed by atoms with van der Waals surface area (Å²) >= 11 is 6.91. The van der Waals surface area contributed by atoms with Crippen LogP contribution in [0.3, 0.4) is 0 Å². The van der Waals surface area contributed by atoms with Gasteiger partial charge < -0.3 is 14.1 Å². The zero-order valence-electron chi connectivity index (χ0n) is 25.3. The topological polar surface area (TPSA) is 79.1 Å². The van der Waals surface area contributed by atoms with Crippen LogP contribution in [0.4, 0.5) is 17.1 Å². The van der Waals surface area contributed by atoms with E-state index in [0.717, 1.165) is 58.8 Å². The second kappa shape index (κ2) is 13.7. The maximum Gasteiger partial charge on any atom is 0.305 e. The number of rotatable bonds is 11. The number of hydrogen-bond acceptors (Lipinski definition) is 9. The van der Waals surface area contributed by atoms with Gasteiger partial charge in [-0.3, -0.25) is 19.4 Å². The van der Waals surface area contributed by atoms with Crippen molar-refractivity contribution in [3.05, 3.63) is 95.7 Å². The number of esters is 1. The quantitative estimate of drug-likeness (QED) is 0.0699. The lowest BCUT2D eigenvalue weighted by Gasteiger charge is -2.24. The molecule has 2 aliphatic heterocycles. The Hall–Kier alpha value is -4.41. The largest absolute Gasteiger partial charge is 0.466 e. The lowest BCUT2D eigenvalue weighted by Crippen LogP contribution is -2.29. The number of amides is 1. The van der Waals surface area contributed by atoms with E-state index in [1.807, 2.05) is 60.7 Å². The van der Waals surface area contributed by atoms with Crippen molar-refractivity contribution in [3.63, 3.8) is 0 Å². The van der Waals surface area contributed by atoms with Gasteiger partial charge in [-0.15, -0.1) is 0 Å². The zero-order chi connectivity index (χ0) is 31.3. The summed E-state index contributed by atoms with van der Waals surface area (Å²) < 4.78 is 11.6. The summed E-state index contributed by atoms with van der Waals surface area (Å²) in [6, 6.07) is 24.2. The third kappa shape index (κ3) is 6.39. The van der Waals surface area contributed by atoms with Crippen molar-refractivity contribution < 1.29 is 18.7 Å². The van der Waals surface area contributed by atoms with Crippen molar-refractivity contribution in [2.24, 2.45) is 0 Å². The summed E-state index contributed by atoms with van der Waals surface area (Å²) in [4.78, 5) is 36.4. The molecule has 45 heavy (non-hydrogen) atoms. The molecule has 3 aromatic carbocycles. The van der Waals surface area contributed by atoms with Crippen LogP contribution in [-0.4, -0.2) is 45.8 Å². The van der Waals surface area contributed by atoms with Crippen LogP contribution in [0.1, 0.15) is 39.5 Å². The van der Waals surface area contributed by atoms with Gasteiger partial charge in [-0.05, 0) is 81.3 Å². The van der Waals surface area contributed by atoms with Crippen molar-refractivity contribution in [1.29, 1.82) is 0 Å². The van der Waals surface area contributed by atoms with E-state index in [0.29, 0.717) is 41.2 Å². The Labute approximate surface area is 272 Å². The molecule has 0 aliphatic carbocycles. The van der Waals surface area contributed by atoms with Crippen molar-refractivity contribution in [2.45, 2.75) is 39.5 Å². The van der Waals surface area contributed by atoms with Crippen LogP contribution in [0, 0.1) is 0 Å². The van der Waals surface area contributed by atoms with Gasteiger partial charge in [0, 0.05) is 30.8 Å². The van der Waals surface area contributed by atoms with Crippen LogP contribution >= 0.6 is 24.0 Å². The fourth-order valence-electron chi connectivity index (χ4n) is 5.58. The molecule has 10 heteroatoms. The monoisotopic (exact) mass is 638 g/mol. The van der Waals surface area contributed by atoms with Gasteiger partial charge >= 0.3 is 5.97 Å². The van der Waals surface area contributed by atoms with Gasteiger partial charge in [0.25, 0.3) is 5.91 Å². The van der Waals surface area contributed by atoms with Crippen LogP contribution in [-0.2, 0) is 14.3 Å². The number of thioether (sulfide) groups is 1.